The highest BCUT2D eigenvalue weighted by Crippen LogP contribution is 2.28. The van der Waals surface area contributed by atoms with Crippen LogP contribution in [-0.4, -0.2) is 10.4 Å². The third kappa shape index (κ3) is 2.46. The summed E-state index contributed by atoms with van der Waals surface area (Å²) in [7, 11) is 0. The zero-order chi connectivity index (χ0) is 19.2. The van der Waals surface area contributed by atoms with E-state index in [0.29, 0.717) is 0 Å². The van der Waals surface area contributed by atoms with E-state index >= 15 is 0 Å². The van der Waals surface area contributed by atoms with Crippen molar-refractivity contribution in [2.24, 2.45) is 4.99 Å². The van der Waals surface area contributed by atoms with Gasteiger partial charge in [0.1, 0.15) is 5.84 Å². The first-order valence-electron chi connectivity index (χ1n) is 9.83. The van der Waals surface area contributed by atoms with Crippen LogP contribution in [0.3, 0.4) is 0 Å². The molecule has 0 spiro atoms. The molecule has 136 valence electrons. The molecule has 0 bridgehead atoms. The lowest BCUT2D eigenvalue weighted by molar-refractivity contribution is 1.28. The third-order valence-corrected chi connectivity index (χ3v) is 5.64. The van der Waals surface area contributed by atoms with Gasteiger partial charge in [-0.15, -0.1) is 0 Å². The first kappa shape index (κ1) is 16.1. The molecule has 4 aromatic carbocycles. The molecular formula is C27H18N2. The maximum Gasteiger partial charge on any atom is 0.138 e. The number of hydrogen-bond donors (Lipinski definition) is 0. The molecular weight excluding hydrogens is 352 g/mol. The number of para-hydroxylation sites is 2. The monoisotopic (exact) mass is 370 g/mol. The Labute approximate surface area is 167 Å². The summed E-state index contributed by atoms with van der Waals surface area (Å²) in [5.41, 5.74) is 2.34. The lowest BCUT2D eigenvalue weighted by Gasteiger charge is -2.08. The number of aliphatic imine (C=N–C) groups is 1. The molecule has 0 amide bonds. The van der Waals surface area contributed by atoms with Crippen LogP contribution >= 0.6 is 0 Å². The molecule has 2 heteroatoms. The summed E-state index contributed by atoms with van der Waals surface area (Å²) >= 11 is 0. The van der Waals surface area contributed by atoms with Crippen molar-refractivity contribution < 1.29 is 0 Å². The van der Waals surface area contributed by atoms with Gasteiger partial charge in [0.25, 0.3) is 0 Å². The third-order valence-electron chi connectivity index (χ3n) is 5.64. The Morgan fingerprint density at radius 2 is 1.03 bits per heavy atom. The summed E-state index contributed by atoms with van der Waals surface area (Å²) in [4.78, 5) is 4.97. The summed E-state index contributed by atoms with van der Waals surface area (Å²) in [6.07, 6.45) is 4.18. The van der Waals surface area contributed by atoms with Crippen molar-refractivity contribution in [2.45, 2.75) is 0 Å². The number of fused-ring (bicyclic) bond motifs is 5. The van der Waals surface area contributed by atoms with Crippen molar-refractivity contribution >= 4 is 39.9 Å². The average molecular weight is 370 g/mol. The molecule has 1 aromatic heterocycles. The average Bonchev–Trinajstić information content (AvgIpc) is 3.10. The van der Waals surface area contributed by atoms with Crippen LogP contribution in [0.15, 0.2) is 102 Å². The summed E-state index contributed by atoms with van der Waals surface area (Å²) in [5.74, 6) is 0.921. The largest absolute Gasteiger partial charge is 0.294 e. The van der Waals surface area contributed by atoms with Gasteiger partial charge in [0, 0.05) is 22.2 Å². The Morgan fingerprint density at radius 3 is 1.72 bits per heavy atom. The molecule has 0 saturated carbocycles. The Balaban J connectivity index is 1.80. The Hall–Kier alpha value is -3.91. The van der Waals surface area contributed by atoms with E-state index in [-0.39, 0.29) is 0 Å². The van der Waals surface area contributed by atoms with E-state index in [0.717, 1.165) is 11.1 Å². The zero-order valence-electron chi connectivity index (χ0n) is 15.8. The summed E-state index contributed by atoms with van der Waals surface area (Å²) in [6.45, 7) is 0. The second-order valence-corrected chi connectivity index (χ2v) is 7.30. The molecule has 0 fully saturated rings. The van der Waals surface area contributed by atoms with Gasteiger partial charge in [-0.3, -0.25) is 4.57 Å². The van der Waals surface area contributed by atoms with Crippen molar-refractivity contribution in [2.75, 3.05) is 0 Å². The number of benzene rings is 4. The summed E-state index contributed by atoms with van der Waals surface area (Å²) in [5, 5.41) is 7.24. The fourth-order valence-electron chi connectivity index (χ4n) is 4.33. The number of rotatable bonds is 0. The number of aromatic nitrogens is 1. The first-order chi connectivity index (χ1) is 14.4. The van der Waals surface area contributed by atoms with Gasteiger partial charge < -0.3 is 0 Å². The molecule has 2 nitrogen and oxygen atoms in total. The van der Waals surface area contributed by atoms with Crippen molar-refractivity contribution in [3.8, 4) is 0 Å². The zero-order valence-corrected chi connectivity index (χ0v) is 15.8. The highest BCUT2D eigenvalue weighted by molar-refractivity contribution is 6.21. The van der Waals surface area contributed by atoms with Gasteiger partial charge in [-0.1, -0.05) is 84.9 Å². The predicted molar refractivity (Wildman–Crippen MR) is 121 cm³/mol. The topological polar surface area (TPSA) is 17.3 Å². The lowest BCUT2D eigenvalue weighted by Crippen LogP contribution is -2.18. The Kier molecular flexibility index (Phi) is 3.50. The fraction of sp³-hybridized carbons (Fsp3) is 0. The van der Waals surface area contributed by atoms with Gasteiger partial charge in [-0.25, -0.2) is 4.99 Å². The van der Waals surface area contributed by atoms with E-state index in [1.54, 1.807) is 0 Å². The fourth-order valence-corrected chi connectivity index (χ4v) is 4.33. The molecule has 0 aliphatic carbocycles. The minimum absolute atomic E-state index is 0.921. The van der Waals surface area contributed by atoms with E-state index < -0.39 is 0 Å². The lowest BCUT2D eigenvalue weighted by atomic mass is 10.1. The smallest absolute Gasteiger partial charge is 0.138 e. The van der Waals surface area contributed by atoms with Gasteiger partial charge in [0.15, 0.2) is 0 Å². The number of nitrogens with zero attached hydrogens (tertiary/aromatic N) is 2. The van der Waals surface area contributed by atoms with Gasteiger partial charge in [-0.2, -0.15) is 0 Å². The Morgan fingerprint density at radius 1 is 0.517 bits per heavy atom. The van der Waals surface area contributed by atoms with Crippen LogP contribution in [0.4, 0.5) is 0 Å². The minimum Gasteiger partial charge on any atom is -0.294 e. The van der Waals surface area contributed by atoms with E-state index in [4.69, 9.17) is 4.99 Å². The molecule has 6 rings (SSSR count). The van der Waals surface area contributed by atoms with Crippen molar-refractivity contribution in [3.63, 3.8) is 0 Å². The van der Waals surface area contributed by atoms with Crippen LogP contribution in [0.1, 0.15) is 0 Å². The predicted octanol–water partition coefficient (Wildman–Crippen LogP) is 4.56. The molecule has 5 aromatic rings. The second-order valence-electron chi connectivity index (χ2n) is 7.30. The van der Waals surface area contributed by atoms with Crippen molar-refractivity contribution in [1.82, 2.24) is 4.57 Å². The quantitative estimate of drug-likeness (QED) is 0.380. The maximum absolute atomic E-state index is 4.97. The van der Waals surface area contributed by atoms with Crippen LogP contribution in [0.2, 0.25) is 0 Å². The molecule has 29 heavy (non-hydrogen) atoms. The minimum atomic E-state index is 0.921. The molecule has 2 heterocycles. The van der Waals surface area contributed by atoms with E-state index in [1.165, 1.54) is 37.5 Å². The van der Waals surface area contributed by atoms with Crippen LogP contribution in [0, 0.1) is 10.4 Å². The second kappa shape index (κ2) is 6.32. The van der Waals surface area contributed by atoms with Gasteiger partial charge in [0.05, 0.1) is 11.0 Å². The normalized spacial score (nSPS) is 12.9. The van der Waals surface area contributed by atoms with Crippen LogP contribution in [0.25, 0.3) is 34.1 Å². The molecule has 0 radical (unpaired) electrons. The van der Waals surface area contributed by atoms with Gasteiger partial charge >= 0.3 is 0 Å². The van der Waals surface area contributed by atoms with Crippen molar-refractivity contribution in [3.05, 3.63) is 118 Å². The molecule has 0 unspecified atom stereocenters. The maximum atomic E-state index is 4.97. The molecule has 0 atom stereocenters. The first-order valence-corrected chi connectivity index (χ1v) is 9.83. The number of hydrogen-bond acceptors (Lipinski definition) is 1. The summed E-state index contributed by atoms with van der Waals surface area (Å²) in [6, 6.07) is 34.1. The Bertz CT molecular complexity index is 1600. The van der Waals surface area contributed by atoms with E-state index in [2.05, 4.69) is 108 Å². The summed E-state index contributed by atoms with van der Waals surface area (Å²) < 4.78 is 2.27. The molecule has 1 aliphatic heterocycles. The highest BCUT2D eigenvalue weighted by Gasteiger charge is 2.13. The molecule has 0 saturated heterocycles. The van der Waals surface area contributed by atoms with Crippen LogP contribution in [-0.2, 0) is 0 Å². The SMILES string of the molecule is C1=c2ccccc2=c2ccccc2=CC(n2c3ccccc3c3ccccc32)=N1. The van der Waals surface area contributed by atoms with Gasteiger partial charge in [0.2, 0.25) is 0 Å². The standard InChI is InChI=1S/C27H18N2/c1-3-11-21-19(9-1)17-27(28-18-20-10-2-4-12-22(20)21)29-25-15-7-5-13-23(25)24-14-6-8-16-26(24)29/h1-18H. The van der Waals surface area contributed by atoms with Gasteiger partial charge in [-0.05, 0) is 33.9 Å². The molecule has 1 aliphatic rings. The van der Waals surface area contributed by atoms with E-state index in [9.17, 15) is 0 Å². The van der Waals surface area contributed by atoms with E-state index in [1.807, 2.05) is 6.20 Å². The highest BCUT2D eigenvalue weighted by atomic mass is 15.1. The molecule has 0 N–H and O–H groups in total. The van der Waals surface area contributed by atoms with Crippen LogP contribution < -0.4 is 10.4 Å². The van der Waals surface area contributed by atoms with Crippen molar-refractivity contribution in [1.29, 1.82) is 0 Å². The van der Waals surface area contributed by atoms with Crippen LogP contribution in [0.5, 0.6) is 0 Å².